The van der Waals surface area contributed by atoms with Gasteiger partial charge in [0.1, 0.15) is 11.5 Å². The van der Waals surface area contributed by atoms with E-state index in [1.807, 2.05) is 6.92 Å². The zero-order valence-corrected chi connectivity index (χ0v) is 10.6. The van der Waals surface area contributed by atoms with Crippen molar-refractivity contribution in [1.29, 1.82) is 0 Å². The van der Waals surface area contributed by atoms with Gasteiger partial charge < -0.3 is 10.6 Å². The van der Waals surface area contributed by atoms with Crippen molar-refractivity contribution in [3.8, 4) is 0 Å². The highest BCUT2D eigenvalue weighted by atomic mass is 16.2. The van der Waals surface area contributed by atoms with Gasteiger partial charge in [0.05, 0.1) is 18.4 Å². The zero-order chi connectivity index (χ0) is 13.7. The van der Waals surface area contributed by atoms with Gasteiger partial charge in [0.2, 0.25) is 0 Å². The molecule has 19 heavy (non-hydrogen) atoms. The smallest absolute Gasteiger partial charge is 0.272 e. The quantitative estimate of drug-likeness (QED) is 0.688. The van der Waals surface area contributed by atoms with E-state index in [0.717, 1.165) is 6.54 Å². The fourth-order valence-electron chi connectivity index (χ4n) is 1.41. The van der Waals surface area contributed by atoms with Gasteiger partial charge in [0, 0.05) is 6.54 Å². The number of hydrogen-bond donors (Lipinski definition) is 3. The minimum Gasteiger partial charge on any atom is -0.369 e. The largest absolute Gasteiger partial charge is 0.369 e. The molecule has 0 bridgehead atoms. The van der Waals surface area contributed by atoms with E-state index in [4.69, 9.17) is 0 Å². The fraction of sp³-hybridized carbons (Fsp3) is 0.400. The minimum atomic E-state index is -0.360. The third-order valence-corrected chi connectivity index (χ3v) is 2.34. The molecule has 0 saturated heterocycles. The van der Waals surface area contributed by atoms with Crippen LogP contribution in [0.3, 0.4) is 0 Å². The SMILES string of the molecule is CCNc1cnc(C(=O)NC(C)c2nn[nH]n2)cn1. The second kappa shape index (κ2) is 5.85. The van der Waals surface area contributed by atoms with Gasteiger partial charge >= 0.3 is 0 Å². The van der Waals surface area contributed by atoms with Crippen molar-refractivity contribution in [2.24, 2.45) is 0 Å². The first kappa shape index (κ1) is 12.9. The van der Waals surface area contributed by atoms with E-state index < -0.39 is 0 Å². The molecule has 2 aromatic heterocycles. The lowest BCUT2D eigenvalue weighted by molar-refractivity contribution is 0.0933. The van der Waals surface area contributed by atoms with Crippen LogP contribution in [-0.2, 0) is 0 Å². The highest BCUT2D eigenvalue weighted by molar-refractivity contribution is 5.92. The third-order valence-electron chi connectivity index (χ3n) is 2.34. The molecular formula is C10H14N8O. The standard InChI is InChI=1S/C10H14N8O/c1-3-11-8-5-12-7(4-13-8)10(19)14-6(2)9-15-17-18-16-9/h4-6H,3H2,1-2H3,(H,11,13)(H,14,19)(H,15,16,17,18). The number of H-pyrrole nitrogens is 1. The summed E-state index contributed by atoms with van der Waals surface area (Å²) in [6.45, 7) is 4.45. The minimum absolute atomic E-state index is 0.233. The molecule has 100 valence electrons. The number of nitrogens with zero attached hydrogens (tertiary/aromatic N) is 5. The van der Waals surface area contributed by atoms with Crippen LogP contribution >= 0.6 is 0 Å². The van der Waals surface area contributed by atoms with Crippen LogP contribution in [0.1, 0.15) is 36.2 Å². The lowest BCUT2D eigenvalue weighted by Gasteiger charge is -2.09. The maximum atomic E-state index is 11.9. The average molecular weight is 262 g/mol. The van der Waals surface area contributed by atoms with Crippen molar-refractivity contribution < 1.29 is 4.79 Å². The monoisotopic (exact) mass is 262 g/mol. The lowest BCUT2D eigenvalue weighted by Crippen LogP contribution is -2.28. The number of aromatic amines is 1. The van der Waals surface area contributed by atoms with Gasteiger partial charge in [0.25, 0.3) is 5.91 Å². The summed E-state index contributed by atoms with van der Waals surface area (Å²) in [5.41, 5.74) is 0.233. The van der Waals surface area contributed by atoms with E-state index in [0.29, 0.717) is 11.6 Å². The van der Waals surface area contributed by atoms with E-state index in [1.54, 1.807) is 6.92 Å². The Morgan fingerprint density at radius 1 is 1.42 bits per heavy atom. The van der Waals surface area contributed by atoms with Gasteiger partial charge in [-0.05, 0) is 13.8 Å². The van der Waals surface area contributed by atoms with Gasteiger partial charge in [-0.25, -0.2) is 9.97 Å². The molecule has 0 saturated carbocycles. The van der Waals surface area contributed by atoms with E-state index in [9.17, 15) is 4.79 Å². The fourth-order valence-corrected chi connectivity index (χ4v) is 1.41. The Hall–Kier alpha value is -2.58. The first-order chi connectivity index (χ1) is 9.20. The molecule has 1 unspecified atom stereocenters. The van der Waals surface area contributed by atoms with Crippen LogP contribution in [0.15, 0.2) is 12.4 Å². The van der Waals surface area contributed by atoms with E-state index in [-0.39, 0.29) is 17.6 Å². The summed E-state index contributed by atoms with van der Waals surface area (Å²) >= 11 is 0. The van der Waals surface area contributed by atoms with Gasteiger partial charge in [0.15, 0.2) is 5.82 Å². The Balaban J connectivity index is 1.99. The van der Waals surface area contributed by atoms with Crippen LogP contribution in [0, 0.1) is 0 Å². The first-order valence-electron chi connectivity index (χ1n) is 5.80. The van der Waals surface area contributed by atoms with E-state index in [1.165, 1.54) is 12.4 Å². The molecule has 1 atom stereocenters. The average Bonchev–Trinajstić information content (AvgIpc) is 2.94. The van der Waals surface area contributed by atoms with Crippen LogP contribution in [0.4, 0.5) is 5.82 Å². The number of carbonyl (C=O) groups is 1. The van der Waals surface area contributed by atoms with Crippen molar-refractivity contribution in [3.05, 3.63) is 23.9 Å². The third kappa shape index (κ3) is 3.21. The highest BCUT2D eigenvalue weighted by Crippen LogP contribution is 2.06. The second-order valence-corrected chi connectivity index (χ2v) is 3.78. The Kier molecular flexibility index (Phi) is 3.96. The predicted octanol–water partition coefficient (Wildman–Crippen LogP) is -0.0875. The van der Waals surface area contributed by atoms with E-state index in [2.05, 4.69) is 41.2 Å². The van der Waals surface area contributed by atoms with Gasteiger partial charge in [-0.1, -0.05) is 5.21 Å². The van der Waals surface area contributed by atoms with Crippen molar-refractivity contribution in [2.75, 3.05) is 11.9 Å². The summed E-state index contributed by atoms with van der Waals surface area (Å²) in [5.74, 6) is 0.698. The number of amides is 1. The molecule has 0 aliphatic carbocycles. The van der Waals surface area contributed by atoms with Crippen molar-refractivity contribution in [1.82, 2.24) is 35.9 Å². The molecule has 0 spiro atoms. The molecule has 1 amide bonds. The number of hydrogen-bond acceptors (Lipinski definition) is 7. The maximum absolute atomic E-state index is 11.9. The molecule has 2 rings (SSSR count). The Bertz CT molecular complexity index is 523. The summed E-state index contributed by atoms with van der Waals surface area (Å²) in [6, 6.07) is -0.360. The van der Waals surface area contributed by atoms with Gasteiger partial charge in [-0.2, -0.15) is 5.21 Å². The number of anilines is 1. The molecule has 2 heterocycles. The Morgan fingerprint density at radius 2 is 2.26 bits per heavy atom. The molecule has 9 heteroatoms. The molecule has 3 N–H and O–H groups in total. The van der Waals surface area contributed by atoms with Gasteiger partial charge in [-0.15, -0.1) is 10.2 Å². The number of carbonyl (C=O) groups excluding carboxylic acids is 1. The number of aromatic nitrogens is 6. The molecular weight excluding hydrogens is 248 g/mol. The summed E-state index contributed by atoms with van der Waals surface area (Å²) < 4.78 is 0. The van der Waals surface area contributed by atoms with Gasteiger partial charge in [-0.3, -0.25) is 4.79 Å². The zero-order valence-electron chi connectivity index (χ0n) is 10.6. The predicted molar refractivity (Wildman–Crippen MR) is 66.3 cm³/mol. The van der Waals surface area contributed by atoms with Crippen molar-refractivity contribution in [3.63, 3.8) is 0 Å². The number of tetrazole rings is 1. The Labute approximate surface area is 109 Å². The lowest BCUT2D eigenvalue weighted by atomic mass is 10.3. The van der Waals surface area contributed by atoms with Crippen LogP contribution in [0.2, 0.25) is 0 Å². The molecule has 2 aromatic rings. The summed E-state index contributed by atoms with van der Waals surface area (Å²) in [7, 11) is 0. The number of rotatable bonds is 5. The number of nitrogens with one attached hydrogen (secondary N) is 3. The van der Waals surface area contributed by atoms with Crippen molar-refractivity contribution >= 4 is 11.7 Å². The van der Waals surface area contributed by atoms with Crippen LogP contribution in [0.25, 0.3) is 0 Å². The Morgan fingerprint density at radius 3 is 2.84 bits per heavy atom. The molecule has 9 nitrogen and oxygen atoms in total. The molecule has 0 radical (unpaired) electrons. The normalized spacial score (nSPS) is 11.9. The molecule has 0 fully saturated rings. The van der Waals surface area contributed by atoms with E-state index >= 15 is 0 Å². The summed E-state index contributed by atoms with van der Waals surface area (Å²) in [5, 5.41) is 19.0. The van der Waals surface area contributed by atoms with Crippen LogP contribution in [0.5, 0.6) is 0 Å². The second-order valence-electron chi connectivity index (χ2n) is 3.78. The molecule has 0 aliphatic rings. The van der Waals surface area contributed by atoms with Crippen LogP contribution < -0.4 is 10.6 Å². The van der Waals surface area contributed by atoms with Crippen molar-refractivity contribution in [2.45, 2.75) is 19.9 Å². The maximum Gasteiger partial charge on any atom is 0.272 e. The summed E-state index contributed by atoms with van der Waals surface area (Å²) in [4.78, 5) is 20.0. The first-order valence-corrected chi connectivity index (χ1v) is 5.80. The topological polar surface area (TPSA) is 121 Å². The molecule has 0 aliphatic heterocycles. The van der Waals surface area contributed by atoms with Crippen LogP contribution in [-0.4, -0.2) is 43.0 Å². The highest BCUT2D eigenvalue weighted by Gasteiger charge is 2.15. The molecule has 0 aromatic carbocycles. The summed E-state index contributed by atoms with van der Waals surface area (Å²) in [6.07, 6.45) is 2.92.